The second kappa shape index (κ2) is 5.73. The zero-order valence-corrected chi connectivity index (χ0v) is 11.8. The molecule has 0 radical (unpaired) electrons. The number of aromatic nitrogens is 2. The van der Waals surface area contributed by atoms with E-state index >= 15 is 0 Å². The monoisotopic (exact) mass is 269 g/mol. The summed E-state index contributed by atoms with van der Waals surface area (Å²) < 4.78 is 11.2. The first kappa shape index (κ1) is 15.0. The predicted molar refractivity (Wildman–Crippen MR) is 67.6 cm³/mol. The number of methoxy groups -OCH3 is 1. The summed E-state index contributed by atoms with van der Waals surface area (Å²) in [5, 5.41) is 6.58. The minimum atomic E-state index is -0.548. The highest BCUT2D eigenvalue weighted by atomic mass is 16.6. The van der Waals surface area contributed by atoms with Gasteiger partial charge in [-0.15, -0.1) is 0 Å². The number of hydrogen-bond donors (Lipinski definition) is 1. The summed E-state index contributed by atoms with van der Waals surface area (Å²) in [4.78, 5) is 22.8. The Morgan fingerprint density at radius 3 is 2.58 bits per heavy atom. The topological polar surface area (TPSA) is 82.5 Å². The van der Waals surface area contributed by atoms with Gasteiger partial charge >= 0.3 is 12.1 Å². The number of rotatable bonds is 3. The van der Waals surface area contributed by atoms with Crippen LogP contribution in [0.2, 0.25) is 0 Å². The Balaban J connectivity index is 2.61. The van der Waals surface area contributed by atoms with Gasteiger partial charge in [0, 0.05) is 7.05 Å². The molecule has 7 nitrogen and oxygen atoms in total. The third-order valence-electron chi connectivity index (χ3n) is 2.18. The van der Waals surface area contributed by atoms with Crippen molar-refractivity contribution in [2.45, 2.75) is 32.9 Å². The highest BCUT2D eigenvalue weighted by molar-refractivity contribution is 5.87. The minimum Gasteiger partial charge on any atom is -0.464 e. The van der Waals surface area contributed by atoms with Gasteiger partial charge in [0.2, 0.25) is 0 Å². The molecule has 0 aliphatic carbocycles. The molecule has 0 unspecified atom stereocenters. The zero-order chi connectivity index (χ0) is 14.6. The van der Waals surface area contributed by atoms with Crippen molar-refractivity contribution >= 4 is 12.1 Å². The van der Waals surface area contributed by atoms with Crippen LogP contribution in [0.5, 0.6) is 0 Å². The van der Waals surface area contributed by atoms with Crippen LogP contribution < -0.4 is 5.32 Å². The standard InChI is InChI=1S/C12H19N3O4/c1-12(2,3)19-11(17)13-7-8-6-9(10(16)18-5)14-15(8)4/h6H,7H2,1-5H3,(H,13,17). The number of ether oxygens (including phenoxy) is 2. The molecule has 0 saturated heterocycles. The van der Waals surface area contributed by atoms with Crippen molar-refractivity contribution < 1.29 is 19.1 Å². The highest BCUT2D eigenvalue weighted by Crippen LogP contribution is 2.08. The molecule has 0 atom stereocenters. The summed E-state index contributed by atoms with van der Waals surface area (Å²) in [5.41, 5.74) is 0.325. The van der Waals surface area contributed by atoms with Gasteiger partial charge in [-0.2, -0.15) is 5.10 Å². The Morgan fingerprint density at radius 1 is 1.42 bits per heavy atom. The fourth-order valence-corrected chi connectivity index (χ4v) is 1.35. The van der Waals surface area contributed by atoms with Crippen LogP contribution in [0.1, 0.15) is 37.0 Å². The predicted octanol–water partition coefficient (Wildman–Crippen LogP) is 1.23. The number of esters is 1. The van der Waals surface area contributed by atoms with E-state index in [1.54, 1.807) is 33.9 Å². The van der Waals surface area contributed by atoms with E-state index in [2.05, 4.69) is 15.2 Å². The number of carbonyl (C=O) groups excluding carboxylic acids is 2. The van der Waals surface area contributed by atoms with Gasteiger partial charge in [0.15, 0.2) is 5.69 Å². The number of hydrogen-bond acceptors (Lipinski definition) is 5. The Bertz CT molecular complexity index is 474. The number of alkyl carbamates (subject to hydrolysis) is 1. The van der Waals surface area contributed by atoms with Crippen LogP contribution in [-0.2, 0) is 23.1 Å². The van der Waals surface area contributed by atoms with Gasteiger partial charge in [-0.3, -0.25) is 4.68 Å². The third-order valence-corrected chi connectivity index (χ3v) is 2.18. The van der Waals surface area contributed by atoms with E-state index in [4.69, 9.17) is 4.74 Å². The SMILES string of the molecule is COC(=O)c1cc(CNC(=O)OC(C)(C)C)n(C)n1. The Morgan fingerprint density at radius 2 is 2.05 bits per heavy atom. The van der Waals surface area contributed by atoms with Crippen molar-refractivity contribution in [3.8, 4) is 0 Å². The molecule has 0 aliphatic rings. The molecule has 0 aromatic carbocycles. The maximum Gasteiger partial charge on any atom is 0.407 e. The molecule has 7 heteroatoms. The largest absolute Gasteiger partial charge is 0.464 e. The lowest BCUT2D eigenvalue weighted by Gasteiger charge is -2.19. The van der Waals surface area contributed by atoms with Crippen LogP contribution in [0, 0.1) is 0 Å². The van der Waals surface area contributed by atoms with Crippen LogP contribution in [0.15, 0.2) is 6.07 Å². The molecule has 0 aliphatic heterocycles. The van der Waals surface area contributed by atoms with E-state index in [0.29, 0.717) is 5.69 Å². The highest BCUT2D eigenvalue weighted by Gasteiger charge is 2.17. The van der Waals surface area contributed by atoms with Crippen LogP contribution in [0.3, 0.4) is 0 Å². The fraction of sp³-hybridized carbons (Fsp3) is 0.583. The molecule has 1 aromatic heterocycles. The van der Waals surface area contributed by atoms with Crippen molar-refractivity contribution in [1.82, 2.24) is 15.1 Å². The lowest BCUT2D eigenvalue weighted by Crippen LogP contribution is -2.32. The van der Waals surface area contributed by atoms with Gasteiger partial charge in [-0.1, -0.05) is 0 Å². The number of amides is 1. The van der Waals surface area contributed by atoms with Crippen molar-refractivity contribution in [2.24, 2.45) is 7.05 Å². The summed E-state index contributed by atoms with van der Waals surface area (Å²) >= 11 is 0. The summed E-state index contributed by atoms with van der Waals surface area (Å²) in [7, 11) is 2.97. The minimum absolute atomic E-state index is 0.200. The second-order valence-electron chi connectivity index (χ2n) is 4.99. The van der Waals surface area contributed by atoms with E-state index in [1.165, 1.54) is 11.8 Å². The lowest BCUT2D eigenvalue weighted by atomic mass is 10.2. The molecule has 0 bridgehead atoms. The van der Waals surface area contributed by atoms with Crippen molar-refractivity contribution in [2.75, 3.05) is 7.11 Å². The summed E-state index contributed by atoms with van der Waals surface area (Å²) in [5.74, 6) is -0.515. The van der Waals surface area contributed by atoms with Crippen LogP contribution in [0.25, 0.3) is 0 Å². The van der Waals surface area contributed by atoms with Gasteiger partial charge < -0.3 is 14.8 Å². The second-order valence-corrected chi connectivity index (χ2v) is 4.99. The molecular formula is C12H19N3O4. The third kappa shape index (κ3) is 4.61. The first-order valence-corrected chi connectivity index (χ1v) is 5.81. The maximum atomic E-state index is 11.5. The quantitative estimate of drug-likeness (QED) is 0.834. The lowest BCUT2D eigenvalue weighted by molar-refractivity contribution is 0.0521. The maximum absolute atomic E-state index is 11.5. The zero-order valence-electron chi connectivity index (χ0n) is 11.8. The number of aryl methyl sites for hydroxylation is 1. The first-order valence-electron chi connectivity index (χ1n) is 5.81. The van der Waals surface area contributed by atoms with Gasteiger partial charge in [0.1, 0.15) is 5.60 Å². The summed E-state index contributed by atoms with van der Waals surface area (Å²) in [6.45, 7) is 5.57. The smallest absolute Gasteiger partial charge is 0.407 e. The molecule has 1 N–H and O–H groups in total. The normalized spacial score (nSPS) is 11.0. The number of nitrogens with zero attached hydrogens (tertiary/aromatic N) is 2. The van der Waals surface area contributed by atoms with Crippen molar-refractivity contribution in [1.29, 1.82) is 0 Å². The Kier molecular flexibility index (Phi) is 4.52. The molecule has 1 aromatic rings. The van der Waals surface area contributed by atoms with E-state index < -0.39 is 17.7 Å². The average molecular weight is 269 g/mol. The van der Waals surface area contributed by atoms with E-state index in [-0.39, 0.29) is 12.2 Å². The van der Waals surface area contributed by atoms with Crippen LogP contribution in [-0.4, -0.2) is 34.6 Å². The number of carbonyl (C=O) groups is 2. The average Bonchev–Trinajstić information content (AvgIpc) is 2.65. The Labute approximate surface area is 111 Å². The molecule has 19 heavy (non-hydrogen) atoms. The summed E-state index contributed by atoms with van der Waals surface area (Å²) in [6, 6.07) is 1.56. The molecule has 0 fully saturated rings. The fourth-order valence-electron chi connectivity index (χ4n) is 1.35. The molecule has 1 rings (SSSR count). The van der Waals surface area contributed by atoms with E-state index in [0.717, 1.165) is 0 Å². The van der Waals surface area contributed by atoms with Crippen molar-refractivity contribution in [3.63, 3.8) is 0 Å². The number of nitrogens with one attached hydrogen (secondary N) is 1. The molecule has 0 saturated carbocycles. The van der Waals surface area contributed by atoms with Gasteiger partial charge in [0.05, 0.1) is 19.3 Å². The Hall–Kier alpha value is -2.05. The molecule has 0 spiro atoms. The molecule has 1 amide bonds. The van der Waals surface area contributed by atoms with E-state index in [9.17, 15) is 9.59 Å². The molecular weight excluding hydrogens is 250 g/mol. The van der Waals surface area contributed by atoms with Crippen LogP contribution >= 0.6 is 0 Å². The molecule has 106 valence electrons. The van der Waals surface area contributed by atoms with Gasteiger partial charge in [0.25, 0.3) is 0 Å². The van der Waals surface area contributed by atoms with Crippen LogP contribution in [0.4, 0.5) is 4.79 Å². The summed E-state index contributed by atoms with van der Waals surface area (Å²) in [6.07, 6.45) is -0.520. The first-order chi connectivity index (χ1) is 8.73. The van der Waals surface area contributed by atoms with Gasteiger partial charge in [-0.05, 0) is 26.8 Å². The van der Waals surface area contributed by atoms with E-state index in [1.807, 2.05) is 0 Å². The molecule has 1 heterocycles. The van der Waals surface area contributed by atoms with Gasteiger partial charge in [-0.25, -0.2) is 9.59 Å². The van der Waals surface area contributed by atoms with Crippen molar-refractivity contribution in [3.05, 3.63) is 17.5 Å².